The predicted molar refractivity (Wildman–Crippen MR) is 125 cm³/mol. The van der Waals surface area contributed by atoms with E-state index < -0.39 is 28.2 Å². The van der Waals surface area contributed by atoms with Crippen LogP contribution in [-0.4, -0.2) is 69.1 Å². The fraction of sp³-hybridized carbons (Fsp3) is 0.875. The van der Waals surface area contributed by atoms with Gasteiger partial charge in [0.2, 0.25) is 11.8 Å². The van der Waals surface area contributed by atoms with Crippen molar-refractivity contribution in [1.29, 1.82) is 0 Å². The number of thioether (sulfide) groups is 1. The first-order valence-electron chi connectivity index (χ1n) is 11.9. The first kappa shape index (κ1) is 25.3. The average molecular weight is 469 g/mol. The number of esters is 1. The van der Waals surface area contributed by atoms with Gasteiger partial charge < -0.3 is 20.1 Å². The van der Waals surface area contributed by atoms with Gasteiger partial charge in [-0.25, -0.2) is 0 Å². The Kier molecular flexibility index (Phi) is 6.99. The van der Waals surface area contributed by atoms with Gasteiger partial charge in [-0.3, -0.25) is 14.4 Å². The number of aliphatic hydroxyl groups is 1. The lowest BCUT2D eigenvalue weighted by molar-refractivity contribution is -0.154. The van der Waals surface area contributed by atoms with Crippen LogP contribution in [-0.2, 0) is 19.1 Å². The number of hydrogen-bond acceptors (Lipinski definition) is 6. The van der Waals surface area contributed by atoms with Crippen LogP contribution in [0.15, 0.2) is 0 Å². The maximum atomic E-state index is 13.8. The van der Waals surface area contributed by atoms with E-state index in [1.165, 1.54) is 0 Å². The highest BCUT2D eigenvalue weighted by molar-refractivity contribution is 8.02. The first-order valence-corrected chi connectivity index (χ1v) is 12.7. The molecule has 3 unspecified atom stereocenters. The number of rotatable bonds is 8. The van der Waals surface area contributed by atoms with Crippen molar-refractivity contribution in [3.05, 3.63) is 0 Å². The molecule has 0 saturated carbocycles. The molecule has 0 aromatic heterocycles. The lowest BCUT2D eigenvalue weighted by atomic mass is 9.66. The van der Waals surface area contributed by atoms with Crippen molar-refractivity contribution >= 4 is 29.5 Å². The number of nitrogens with one attached hydrogen (secondary N) is 1. The van der Waals surface area contributed by atoms with Crippen molar-refractivity contribution in [2.75, 3.05) is 19.8 Å². The van der Waals surface area contributed by atoms with Crippen LogP contribution >= 0.6 is 11.8 Å². The summed E-state index contributed by atoms with van der Waals surface area (Å²) >= 11 is 1.65. The van der Waals surface area contributed by atoms with E-state index in [9.17, 15) is 19.5 Å². The van der Waals surface area contributed by atoms with Crippen molar-refractivity contribution in [2.24, 2.45) is 23.2 Å². The van der Waals surface area contributed by atoms with E-state index in [4.69, 9.17) is 4.74 Å². The molecular formula is C24H40N2O5S. The molecule has 3 aliphatic heterocycles. The lowest BCUT2D eigenvalue weighted by Gasteiger charge is -2.41. The molecule has 1 spiro atoms. The summed E-state index contributed by atoms with van der Waals surface area (Å²) in [5.41, 5.74) is -0.413. The van der Waals surface area contributed by atoms with Gasteiger partial charge in [0.1, 0.15) is 6.04 Å². The quantitative estimate of drug-likeness (QED) is 0.532. The van der Waals surface area contributed by atoms with E-state index >= 15 is 0 Å². The molecule has 32 heavy (non-hydrogen) atoms. The molecule has 0 radical (unpaired) electrons. The van der Waals surface area contributed by atoms with Gasteiger partial charge in [0.15, 0.2) is 0 Å². The number of carbonyl (C=O) groups excluding carboxylic acids is 3. The Hall–Kier alpha value is -1.28. The summed E-state index contributed by atoms with van der Waals surface area (Å²) in [4.78, 5) is 42.0. The second-order valence-electron chi connectivity index (χ2n) is 11.5. The molecule has 3 heterocycles. The predicted octanol–water partition coefficient (Wildman–Crippen LogP) is 2.60. The number of fused-ring (bicyclic) bond motifs is 1. The maximum absolute atomic E-state index is 13.8. The molecule has 3 rings (SSSR count). The third-order valence-electron chi connectivity index (χ3n) is 7.04. The Morgan fingerprint density at radius 2 is 1.94 bits per heavy atom. The normalized spacial score (nSPS) is 34.1. The van der Waals surface area contributed by atoms with Gasteiger partial charge in [0.05, 0.1) is 23.2 Å². The van der Waals surface area contributed by atoms with Gasteiger partial charge in [0, 0.05) is 23.9 Å². The summed E-state index contributed by atoms with van der Waals surface area (Å²) < 4.78 is 4.71. The fourth-order valence-corrected chi connectivity index (χ4v) is 8.99. The SMILES string of the molecule is CCOC(=O)[C@@H]1[C@@H]2CC(C)C3(S2)C(C(=O)NC(C)(C)CC(C)(C)C)N(CCCO)C(=O)[C@H]13. The zero-order valence-corrected chi connectivity index (χ0v) is 21.4. The number of likely N-dealkylation sites (tertiary alicyclic amines) is 1. The molecule has 7 nitrogen and oxygen atoms in total. The smallest absolute Gasteiger partial charge is 0.310 e. The summed E-state index contributed by atoms with van der Waals surface area (Å²) in [7, 11) is 0. The molecule has 3 aliphatic rings. The second-order valence-corrected chi connectivity index (χ2v) is 13.1. The zero-order chi connectivity index (χ0) is 24.1. The van der Waals surface area contributed by atoms with Crippen molar-refractivity contribution < 1.29 is 24.2 Å². The summed E-state index contributed by atoms with van der Waals surface area (Å²) in [5, 5.41) is 12.7. The standard InChI is InChI=1S/C24H40N2O5S/c1-8-31-21(30)16-15-12-14(2)24(32-15)17(16)20(29)26(10-9-11-27)18(24)19(28)25-23(6,7)13-22(3,4)5/h14-18,27H,8-13H2,1-7H3,(H,25,28)/t14?,15-,16+,17-,18?,24?/m0/s1. The van der Waals surface area contributed by atoms with Crippen LogP contribution in [0.5, 0.6) is 0 Å². The highest BCUT2D eigenvalue weighted by Crippen LogP contribution is 2.68. The van der Waals surface area contributed by atoms with Gasteiger partial charge >= 0.3 is 5.97 Å². The van der Waals surface area contributed by atoms with Crippen molar-refractivity contribution in [3.8, 4) is 0 Å². The monoisotopic (exact) mass is 468 g/mol. The molecule has 3 saturated heterocycles. The summed E-state index contributed by atoms with van der Waals surface area (Å²) in [5.74, 6) is -1.57. The molecule has 0 aromatic rings. The molecular weight excluding hydrogens is 428 g/mol. The zero-order valence-electron chi connectivity index (χ0n) is 20.6. The first-order chi connectivity index (χ1) is 14.8. The van der Waals surface area contributed by atoms with Crippen molar-refractivity contribution in [1.82, 2.24) is 10.2 Å². The molecule has 2 amide bonds. The van der Waals surface area contributed by atoms with Crippen LogP contribution in [0.1, 0.15) is 67.7 Å². The Morgan fingerprint density at radius 3 is 2.50 bits per heavy atom. The van der Waals surface area contributed by atoms with Crippen LogP contribution in [0.3, 0.4) is 0 Å². The summed E-state index contributed by atoms with van der Waals surface area (Å²) in [6.07, 6.45) is 1.98. The average Bonchev–Trinajstić information content (AvgIpc) is 3.21. The minimum Gasteiger partial charge on any atom is -0.466 e. The van der Waals surface area contributed by atoms with Gasteiger partial charge in [-0.2, -0.15) is 0 Å². The van der Waals surface area contributed by atoms with Crippen LogP contribution in [0.2, 0.25) is 0 Å². The van der Waals surface area contributed by atoms with Crippen LogP contribution < -0.4 is 5.32 Å². The number of ether oxygens (including phenoxy) is 1. The van der Waals surface area contributed by atoms with Crippen molar-refractivity contribution in [2.45, 2.75) is 89.3 Å². The van der Waals surface area contributed by atoms with Gasteiger partial charge in [-0.05, 0) is 51.4 Å². The Morgan fingerprint density at radius 1 is 1.28 bits per heavy atom. The Labute approximate surface area is 196 Å². The molecule has 2 bridgehead atoms. The number of hydrogen-bond donors (Lipinski definition) is 2. The minimum absolute atomic E-state index is 0.00382. The topological polar surface area (TPSA) is 95.9 Å². The van der Waals surface area contributed by atoms with E-state index in [-0.39, 0.29) is 47.6 Å². The van der Waals surface area contributed by atoms with Crippen LogP contribution in [0, 0.1) is 23.2 Å². The molecule has 182 valence electrons. The van der Waals surface area contributed by atoms with Crippen LogP contribution in [0.4, 0.5) is 0 Å². The third kappa shape index (κ3) is 4.29. The van der Waals surface area contributed by atoms with E-state index in [2.05, 4.69) is 33.0 Å². The maximum Gasteiger partial charge on any atom is 0.310 e. The lowest BCUT2D eigenvalue weighted by Crippen LogP contribution is -2.60. The third-order valence-corrected chi connectivity index (χ3v) is 9.12. The fourth-order valence-electron chi connectivity index (χ4n) is 6.58. The molecule has 2 N–H and O–H groups in total. The van der Waals surface area contributed by atoms with Crippen molar-refractivity contribution in [3.63, 3.8) is 0 Å². The van der Waals surface area contributed by atoms with E-state index in [0.29, 0.717) is 13.0 Å². The Balaban J connectivity index is 1.98. The van der Waals surface area contributed by atoms with E-state index in [0.717, 1.165) is 12.8 Å². The highest BCUT2D eigenvalue weighted by atomic mass is 32.2. The molecule has 3 fully saturated rings. The summed E-state index contributed by atoms with van der Waals surface area (Å²) in [6.45, 7) is 14.9. The molecule has 8 heteroatoms. The van der Waals surface area contributed by atoms with Gasteiger partial charge in [-0.1, -0.05) is 27.7 Å². The number of carbonyl (C=O) groups is 3. The van der Waals surface area contributed by atoms with Crippen LogP contribution in [0.25, 0.3) is 0 Å². The van der Waals surface area contributed by atoms with E-state index in [1.54, 1.807) is 23.6 Å². The van der Waals surface area contributed by atoms with Gasteiger partial charge in [-0.15, -0.1) is 11.8 Å². The van der Waals surface area contributed by atoms with Gasteiger partial charge in [0.25, 0.3) is 0 Å². The molecule has 0 aromatic carbocycles. The van der Waals surface area contributed by atoms with E-state index in [1.807, 2.05) is 13.8 Å². The number of nitrogens with zero attached hydrogens (tertiary/aromatic N) is 1. The molecule has 0 aliphatic carbocycles. The molecule has 6 atom stereocenters. The number of amides is 2. The summed E-state index contributed by atoms with van der Waals surface area (Å²) in [6, 6.07) is -0.657. The minimum atomic E-state index is -0.657. The number of aliphatic hydroxyl groups excluding tert-OH is 1. The Bertz CT molecular complexity index is 764. The second kappa shape index (κ2) is 8.82. The largest absolute Gasteiger partial charge is 0.466 e. The highest BCUT2D eigenvalue weighted by Gasteiger charge is 2.76.